The number of nitrogens with two attached hydrogens (primary N) is 1. The van der Waals surface area contributed by atoms with Gasteiger partial charge in [0.1, 0.15) is 0 Å². The third-order valence-electron chi connectivity index (χ3n) is 4.44. The first kappa shape index (κ1) is 23.0. The Balaban J connectivity index is 2.61. The average molecular weight is 382 g/mol. The second-order valence-electron chi connectivity index (χ2n) is 6.13. The molecule has 0 spiro atoms. The van der Waals surface area contributed by atoms with Crippen LogP contribution in [-0.2, 0) is 13.3 Å². The standard InChI is InChI=1S/C19H35N3O3Si/c1-18(21-14-13-20)22(15-8-12-19-10-6-5-7-11-19)16-9-17-26(23-2,24-3)25-4/h5-8,10-12,18,21H,9,13-17,20H2,1-4H3. The molecule has 0 heterocycles. The molecule has 1 unspecified atom stereocenters. The number of nitrogens with one attached hydrogen (secondary N) is 1. The van der Waals surface area contributed by atoms with E-state index in [1.165, 1.54) is 5.56 Å². The van der Waals surface area contributed by atoms with Crippen molar-refractivity contribution in [3.63, 3.8) is 0 Å². The Kier molecular flexibility index (Phi) is 11.6. The molecule has 0 aromatic heterocycles. The first-order valence-electron chi connectivity index (χ1n) is 9.15. The lowest BCUT2D eigenvalue weighted by Gasteiger charge is -2.30. The van der Waals surface area contributed by atoms with Gasteiger partial charge in [-0.3, -0.25) is 4.90 Å². The quantitative estimate of drug-likeness (QED) is 0.380. The van der Waals surface area contributed by atoms with Crippen LogP contribution in [0.2, 0.25) is 6.04 Å². The summed E-state index contributed by atoms with van der Waals surface area (Å²) in [6.45, 7) is 5.37. The predicted molar refractivity (Wildman–Crippen MR) is 110 cm³/mol. The summed E-state index contributed by atoms with van der Waals surface area (Å²) in [5.74, 6) is 0. The van der Waals surface area contributed by atoms with Crippen molar-refractivity contribution in [2.24, 2.45) is 5.73 Å². The normalized spacial score (nSPS) is 13.6. The number of nitrogens with zero attached hydrogens (tertiary/aromatic N) is 1. The monoisotopic (exact) mass is 381 g/mol. The summed E-state index contributed by atoms with van der Waals surface area (Å²) >= 11 is 0. The molecule has 0 bridgehead atoms. The minimum absolute atomic E-state index is 0.239. The molecule has 0 radical (unpaired) electrons. The molecule has 26 heavy (non-hydrogen) atoms. The van der Waals surface area contributed by atoms with Crippen LogP contribution in [-0.4, -0.2) is 67.4 Å². The molecule has 0 aliphatic rings. The van der Waals surface area contributed by atoms with E-state index in [4.69, 9.17) is 19.0 Å². The maximum absolute atomic E-state index is 5.63. The Morgan fingerprint density at radius 1 is 1.15 bits per heavy atom. The van der Waals surface area contributed by atoms with Crippen LogP contribution in [0.3, 0.4) is 0 Å². The summed E-state index contributed by atoms with van der Waals surface area (Å²) in [4.78, 5) is 2.38. The van der Waals surface area contributed by atoms with Crippen LogP contribution in [0.25, 0.3) is 6.08 Å². The van der Waals surface area contributed by atoms with Crippen molar-refractivity contribution in [3.8, 4) is 0 Å². The Morgan fingerprint density at radius 3 is 2.38 bits per heavy atom. The van der Waals surface area contributed by atoms with E-state index in [1.807, 2.05) is 18.2 Å². The molecular weight excluding hydrogens is 346 g/mol. The van der Waals surface area contributed by atoms with Gasteiger partial charge >= 0.3 is 8.80 Å². The van der Waals surface area contributed by atoms with Gasteiger partial charge < -0.3 is 24.3 Å². The first-order valence-corrected chi connectivity index (χ1v) is 11.1. The lowest BCUT2D eigenvalue weighted by molar-refractivity contribution is 0.119. The number of benzene rings is 1. The van der Waals surface area contributed by atoms with Crippen molar-refractivity contribution in [1.29, 1.82) is 0 Å². The highest BCUT2D eigenvalue weighted by atomic mass is 28.4. The van der Waals surface area contributed by atoms with Crippen LogP contribution in [0.1, 0.15) is 18.9 Å². The van der Waals surface area contributed by atoms with Crippen molar-refractivity contribution in [1.82, 2.24) is 10.2 Å². The van der Waals surface area contributed by atoms with Gasteiger partial charge in [0, 0.05) is 47.0 Å². The van der Waals surface area contributed by atoms with Crippen LogP contribution in [0, 0.1) is 0 Å². The van der Waals surface area contributed by atoms with E-state index in [0.717, 1.165) is 32.1 Å². The van der Waals surface area contributed by atoms with Gasteiger partial charge in [0.05, 0.1) is 6.17 Å². The summed E-state index contributed by atoms with van der Waals surface area (Å²) < 4.78 is 16.5. The molecule has 3 N–H and O–H groups in total. The highest BCUT2D eigenvalue weighted by Crippen LogP contribution is 2.16. The fourth-order valence-electron chi connectivity index (χ4n) is 2.81. The molecule has 6 nitrogen and oxygen atoms in total. The van der Waals surface area contributed by atoms with Gasteiger partial charge in [-0.25, -0.2) is 0 Å². The summed E-state index contributed by atoms with van der Waals surface area (Å²) in [6.07, 6.45) is 5.53. The Labute approximate surface area is 159 Å². The lowest BCUT2D eigenvalue weighted by Crippen LogP contribution is -2.47. The highest BCUT2D eigenvalue weighted by Gasteiger charge is 2.37. The minimum atomic E-state index is -2.51. The van der Waals surface area contributed by atoms with Gasteiger partial charge in [0.15, 0.2) is 0 Å². The summed E-state index contributed by atoms with van der Waals surface area (Å²) in [7, 11) is 2.46. The lowest BCUT2D eigenvalue weighted by atomic mass is 10.2. The molecule has 148 valence electrons. The molecule has 1 rings (SSSR count). The summed E-state index contributed by atoms with van der Waals surface area (Å²) in [6, 6.07) is 11.1. The maximum atomic E-state index is 5.63. The molecule has 0 fully saturated rings. The van der Waals surface area contributed by atoms with Crippen molar-refractivity contribution in [2.75, 3.05) is 47.5 Å². The van der Waals surface area contributed by atoms with E-state index in [-0.39, 0.29) is 6.17 Å². The maximum Gasteiger partial charge on any atom is 0.500 e. The van der Waals surface area contributed by atoms with Crippen molar-refractivity contribution in [2.45, 2.75) is 25.6 Å². The molecule has 0 aliphatic heterocycles. The van der Waals surface area contributed by atoms with E-state index in [9.17, 15) is 0 Å². The molecule has 1 atom stereocenters. The molecule has 0 saturated carbocycles. The largest absolute Gasteiger partial charge is 0.500 e. The molecule has 1 aromatic carbocycles. The van der Waals surface area contributed by atoms with Crippen LogP contribution in [0.4, 0.5) is 0 Å². The number of hydrogen-bond acceptors (Lipinski definition) is 6. The van der Waals surface area contributed by atoms with Crippen molar-refractivity contribution < 1.29 is 13.3 Å². The SMILES string of the molecule is CO[Si](CCCN(CC=Cc1ccccc1)C(C)NCCN)(OC)OC. The fourth-order valence-corrected chi connectivity index (χ4v) is 4.51. The molecule has 0 aliphatic carbocycles. The van der Waals surface area contributed by atoms with Crippen LogP contribution in [0.15, 0.2) is 36.4 Å². The van der Waals surface area contributed by atoms with Gasteiger partial charge in [-0.1, -0.05) is 42.5 Å². The van der Waals surface area contributed by atoms with Crippen LogP contribution in [0.5, 0.6) is 0 Å². The number of hydrogen-bond donors (Lipinski definition) is 2. The molecule has 0 amide bonds. The smallest absolute Gasteiger partial charge is 0.377 e. The third-order valence-corrected chi connectivity index (χ3v) is 7.27. The van der Waals surface area contributed by atoms with E-state index < -0.39 is 8.80 Å². The predicted octanol–water partition coefficient (Wildman–Crippen LogP) is 2.16. The van der Waals surface area contributed by atoms with Gasteiger partial charge in [-0.15, -0.1) is 0 Å². The minimum Gasteiger partial charge on any atom is -0.377 e. The average Bonchev–Trinajstić information content (AvgIpc) is 2.69. The highest BCUT2D eigenvalue weighted by molar-refractivity contribution is 6.60. The van der Waals surface area contributed by atoms with Gasteiger partial charge in [-0.2, -0.15) is 0 Å². The Bertz CT molecular complexity index is 490. The van der Waals surface area contributed by atoms with Crippen molar-refractivity contribution >= 4 is 14.9 Å². The van der Waals surface area contributed by atoms with Gasteiger partial charge in [0.2, 0.25) is 0 Å². The van der Waals surface area contributed by atoms with E-state index >= 15 is 0 Å². The van der Waals surface area contributed by atoms with E-state index in [0.29, 0.717) is 6.54 Å². The van der Waals surface area contributed by atoms with E-state index in [1.54, 1.807) is 21.3 Å². The molecule has 1 aromatic rings. The summed E-state index contributed by atoms with van der Waals surface area (Å²) in [5.41, 5.74) is 6.83. The molecule has 0 saturated heterocycles. The zero-order chi connectivity index (χ0) is 19.3. The molecule has 7 heteroatoms. The Hall–Kier alpha value is -1.06. The zero-order valence-electron chi connectivity index (χ0n) is 16.6. The number of rotatable bonds is 14. The summed E-state index contributed by atoms with van der Waals surface area (Å²) in [5, 5.41) is 3.46. The van der Waals surface area contributed by atoms with Crippen LogP contribution >= 0.6 is 0 Å². The third kappa shape index (κ3) is 8.09. The van der Waals surface area contributed by atoms with Crippen LogP contribution < -0.4 is 11.1 Å². The zero-order valence-corrected chi connectivity index (χ0v) is 17.6. The fraction of sp³-hybridized carbons (Fsp3) is 0.579. The van der Waals surface area contributed by atoms with Gasteiger partial charge in [-0.05, 0) is 25.5 Å². The van der Waals surface area contributed by atoms with E-state index in [2.05, 4.69) is 41.4 Å². The molecular formula is C19H35N3O3Si. The van der Waals surface area contributed by atoms with Gasteiger partial charge in [0.25, 0.3) is 0 Å². The second kappa shape index (κ2) is 13.2. The second-order valence-corrected chi connectivity index (χ2v) is 9.22. The van der Waals surface area contributed by atoms with Crippen molar-refractivity contribution in [3.05, 3.63) is 42.0 Å². The Morgan fingerprint density at radius 2 is 1.81 bits per heavy atom. The first-order chi connectivity index (χ1) is 12.6. The topological polar surface area (TPSA) is 69.0 Å².